The third-order valence-corrected chi connectivity index (χ3v) is 4.25. The molecule has 15 heavy (non-hydrogen) atoms. The van der Waals surface area contributed by atoms with Crippen LogP contribution in [0.1, 0.15) is 25.3 Å². The van der Waals surface area contributed by atoms with Gasteiger partial charge in [0, 0.05) is 10.9 Å². The first-order valence-electron chi connectivity index (χ1n) is 5.44. The smallest absolute Gasteiger partial charge is 0.0406 e. The Morgan fingerprint density at radius 2 is 1.87 bits per heavy atom. The van der Waals surface area contributed by atoms with Crippen LogP contribution in [0.3, 0.4) is 0 Å². The van der Waals surface area contributed by atoms with Crippen molar-refractivity contribution in [2.45, 2.75) is 26.2 Å². The lowest BCUT2D eigenvalue weighted by Gasteiger charge is -2.27. The third kappa shape index (κ3) is 2.68. The molecule has 1 atom stereocenters. The minimum Gasteiger partial charge on any atom is -0.126 e. The second-order valence-corrected chi connectivity index (χ2v) is 5.57. The van der Waals surface area contributed by atoms with E-state index in [1.807, 2.05) is 12.1 Å². The maximum absolute atomic E-state index is 6.10. The zero-order valence-electron chi connectivity index (χ0n) is 8.97. The Hall–Kier alpha value is -0.200. The van der Waals surface area contributed by atoms with Gasteiger partial charge in [-0.25, -0.2) is 0 Å². The highest BCUT2D eigenvalue weighted by molar-refractivity contribution is 6.30. The number of benzene rings is 1. The standard InChI is InChI=1S/C13H16Cl2/c1-13(9-14,11-4-5-11)8-10-2-6-12(15)7-3-10/h2-3,6-7,11H,4-5,8-9H2,1H3. The summed E-state index contributed by atoms with van der Waals surface area (Å²) in [5.74, 6) is 1.57. The second-order valence-electron chi connectivity index (χ2n) is 4.87. The van der Waals surface area contributed by atoms with Gasteiger partial charge in [0.2, 0.25) is 0 Å². The molecule has 1 unspecified atom stereocenters. The number of halogens is 2. The van der Waals surface area contributed by atoms with E-state index in [2.05, 4.69) is 19.1 Å². The van der Waals surface area contributed by atoms with Crippen molar-refractivity contribution in [2.24, 2.45) is 11.3 Å². The van der Waals surface area contributed by atoms with E-state index < -0.39 is 0 Å². The van der Waals surface area contributed by atoms with Crippen molar-refractivity contribution in [2.75, 3.05) is 5.88 Å². The molecule has 2 heteroatoms. The van der Waals surface area contributed by atoms with Crippen molar-refractivity contribution in [3.8, 4) is 0 Å². The first-order chi connectivity index (χ1) is 7.14. The Morgan fingerprint density at radius 1 is 1.27 bits per heavy atom. The minimum absolute atomic E-state index is 0.273. The van der Waals surface area contributed by atoms with Crippen LogP contribution in [0.4, 0.5) is 0 Å². The van der Waals surface area contributed by atoms with Crippen LogP contribution in [-0.2, 0) is 6.42 Å². The topological polar surface area (TPSA) is 0 Å². The predicted octanol–water partition coefficient (Wildman–Crippen LogP) is 4.54. The molecule has 0 bridgehead atoms. The number of alkyl halides is 1. The number of hydrogen-bond donors (Lipinski definition) is 0. The highest BCUT2D eigenvalue weighted by atomic mass is 35.5. The molecule has 1 aliphatic rings. The summed E-state index contributed by atoms with van der Waals surface area (Å²) >= 11 is 12.0. The summed E-state index contributed by atoms with van der Waals surface area (Å²) in [4.78, 5) is 0. The van der Waals surface area contributed by atoms with Gasteiger partial charge in [0.05, 0.1) is 0 Å². The molecule has 1 aromatic rings. The Labute approximate surface area is 102 Å². The zero-order valence-corrected chi connectivity index (χ0v) is 10.5. The van der Waals surface area contributed by atoms with Crippen LogP contribution in [0.5, 0.6) is 0 Å². The van der Waals surface area contributed by atoms with Gasteiger partial charge in [-0.15, -0.1) is 11.6 Å². The van der Waals surface area contributed by atoms with Crippen LogP contribution < -0.4 is 0 Å². The summed E-state index contributed by atoms with van der Waals surface area (Å²) in [6, 6.07) is 8.13. The lowest BCUT2D eigenvalue weighted by atomic mass is 9.81. The number of rotatable bonds is 4. The van der Waals surface area contributed by atoms with Gasteiger partial charge in [0.25, 0.3) is 0 Å². The van der Waals surface area contributed by atoms with Gasteiger partial charge in [0.1, 0.15) is 0 Å². The fourth-order valence-electron chi connectivity index (χ4n) is 2.15. The Morgan fingerprint density at radius 3 is 2.33 bits per heavy atom. The van der Waals surface area contributed by atoms with Crippen LogP contribution in [0.2, 0.25) is 5.02 Å². The summed E-state index contributed by atoms with van der Waals surface area (Å²) in [5, 5.41) is 0.803. The maximum atomic E-state index is 6.10. The maximum Gasteiger partial charge on any atom is 0.0406 e. The third-order valence-electron chi connectivity index (χ3n) is 3.39. The van der Waals surface area contributed by atoms with Crippen molar-refractivity contribution in [3.05, 3.63) is 34.9 Å². The molecule has 1 aliphatic carbocycles. The van der Waals surface area contributed by atoms with Crippen molar-refractivity contribution in [1.82, 2.24) is 0 Å². The van der Waals surface area contributed by atoms with Crippen molar-refractivity contribution in [3.63, 3.8) is 0 Å². The van der Waals surface area contributed by atoms with Gasteiger partial charge in [-0.05, 0) is 48.3 Å². The van der Waals surface area contributed by atoms with E-state index in [0.717, 1.165) is 23.2 Å². The van der Waals surface area contributed by atoms with Gasteiger partial charge in [-0.2, -0.15) is 0 Å². The number of hydrogen-bond acceptors (Lipinski definition) is 0. The quantitative estimate of drug-likeness (QED) is 0.681. The summed E-state index contributed by atoms with van der Waals surface area (Å²) in [7, 11) is 0. The van der Waals surface area contributed by atoms with E-state index in [4.69, 9.17) is 23.2 Å². The van der Waals surface area contributed by atoms with Gasteiger partial charge < -0.3 is 0 Å². The SMILES string of the molecule is CC(CCl)(Cc1ccc(Cl)cc1)C1CC1. The highest BCUT2D eigenvalue weighted by Crippen LogP contribution is 2.48. The van der Waals surface area contributed by atoms with E-state index in [-0.39, 0.29) is 5.41 Å². The lowest BCUT2D eigenvalue weighted by Crippen LogP contribution is -2.24. The molecular weight excluding hydrogens is 227 g/mol. The van der Waals surface area contributed by atoms with E-state index in [1.165, 1.54) is 18.4 Å². The van der Waals surface area contributed by atoms with Crippen molar-refractivity contribution in [1.29, 1.82) is 0 Å². The first-order valence-corrected chi connectivity index (χ1v) is 6.36. The predicted molar refractivity (Wildman–Crippen MR) is 66.7 cm³/mol. The molecule has 1 fully saturated rings. The Bertz CT molecular complexity index is 327. The fraction of sp³-hybridized carbons (Fsp3) is 0.538. The second kappa shape index (κ2) is 4.35. The fourth-order valence-corrected chi connectivity index (χ4v) is 2.59. The molecule has 0 spiro atoms. The molecule has 0 heterocycles. The van der Waals surface area contributed by atoms with Gasteiger partial charge >= 0.3 is 0 Å². The molecule has 0 aliphatic heterocycles. The molecule has 1 aromatic carbocycles. The van der Waals surface area contributed by atoms with Crippen molar-refractivity contribution >= 4 is 23.2 Å². The molecule has 1 saturated carbocycles. The molecule has 0 saturated heterocycles. The summed E-state index contributed by atoms with van der Waals surface area (Å²) in [6.07, 6.45) is 3.76. The molecule has 0 amide bonds. The normalized spacial score (nSPS) is 19.9. The average Bonchev–Trinajstić information content (AvgIpc) is 3.05. The van der Waals surface area contributed by atoms with Gasteiger partial charge in [-0.3, -0.25) is 0 Å². The summed E-state index contributed by atoms with van der Waals surface area (Å²) in [6.45, 7) is 2.30. The van der Waals surface area contributed by atoms with Crippen LogP contribution in [0, 0.1) is 11.3 Å². The molecule has 0 nitrogen and oxygen atoms in total. The molecule has 2 rings (SSSR count). The molecule has 82 valence electrons. The summed E-state index contributed by atoms with van der Waals surface area (Å²) in [5.41, 5.74) is 1.62. The van der Waals surface area contributed by atoms with E-state index >= 15 is 0 Å². The molecular formula is C13H16Cl2. The molecule has 0 N–H and O–H groups in total. The molecule has 0 radical (unpaired) electrons. The average molecular weight is 243 g/mol. The van der Waals surface area contributed by atoms with Crippen LogP contribution in [0.15, 0.2) is 24.3 Å². The van der Waals surface area contributed by atoms with E-state index in [9.17, 15) is 0 Å². The van der Waals surface area contributed by atoms with Crippen LogP contribution >= 0.6 is 23.2 Å². The summed E-state index contributed by atoms with van der Waals surface area (Å²) < 4.78 is 0. The first kappa shape index (κ1) is 11.3. The van der Waals surface area contributed by atoms with Crippen molar-refractivity contribution < 1.29 is 0 Å². The minimum atomic E-state index is 0.273. The highest BCUT2D eigenvalue weighted by Gasteiger charge is 2.40. The van der Waals surface area contributed by atoms with Gasteiger partial charge in [-0.1, -0.05) is 30.7 Å². The van der Waals surface area contributed by atoms with Crippen LogP contribution in [-0.4, -0.2) is 5.88 Å². The largest absolute Gasteiger partial charge is 0.126 e. The van der Waals surface area contributed by atoms with E-state index in [1.54, 1.807) is 0 Å². The monoisotopic (exact) mass is 242 g/mol. The van der Waals surface area contributed by atoms with Crippen LogP contribution in [0.25, 0.3) is 0 Å². The Balaban J connectivity index is 2.09. The lowest BCUT2D eigenvalue weighted by molar-refractivity contribution is 0.313. The van der Waals surface area contributed by atoms with E-state index in [0.29, 0.717) is 0 Å². The Kier molecular flexibility index (Phi) is 3.27. The van der Waals surface area contributed by atoms with Gasteiger partial charge in [0.15, 0.2) is 0 Å². The zero-order chi connectivity index (χ0) is 10.9. The molecule has 0 aromatic heterocycles.